The van der Waals surface area contributed by atoms with Crippen molar-refractivity contribution in [1.29, 1.82) is 0 Å². The lowest BCUT2D eigenvalue weighted by Crippen LogP contribution is -2.37. The van der Waals surface area contributed by atoms with E-state index in [1.165, 1.54) is 89.9 Å². The molecule has 0 aromatic heterocycles. The lowest BCUT2D eigenvalue weighted by molar-refractivity contribution is -0.0475. The summed E-state index contributed by atoms with van der Waals surface area (Å²) in [6, 6.07) is 0. The second-order valence-corrected chi connectivity index (χ2v) is 8.14. The zero-order chi connectivity index (χ0) is 15.6. The Hall–Kier alpha value is -0.0400. The van der Waals surface area contributed by atoms with Crippen molar-refractivity contribution in [1.82, 2.24) is 0 Å². The largest absolute Gasteiger partial charge is 0.378 e. The number of fused-ring (bicyclic) bond motifs is 1. The third-order valence-corrected chi connectivity index (χ3v) is 6.24. The molecule has 2 aliphatic rings. The summed E-state index contributed by atoms with van der Waals surface area (Å²) in [5.41, 5.74) is 0. The fourth-order valence-electron chi connectivity index (χ4n) is 4.77. The summed E-state index contributed by atoms with van der Waals surface area (Å²) in [6.45, 7) is 5.74. The molecule has 0 saturated heterocycles. The molecule has 0 bridgehead atoms. The Kier molecular flexibility index (Phi) is 8.89. The molecule has 130 valence electrons. The molecule has 1 nitrogen and oxygen atoms in total. The molecule has 4 atom stereocenters. The van der Waals surface area contributed by atoms with Gasteiger partial charge in [-0.15, -0.1) is 0 Å². The smallest absolute Gasteiger partial charge is 0.0603 e. The van der Waals surface area contributed by atoms with Crippen LogP contribution in [0, 0.1) is 17.8 Å². The van der Waals surface area contributed by atoms with Crippen LogP contribution in [0.3, 0.4) is 0 Å². The molecule has 0 heterocycles. The lowest BCUT2D eigenvalue weighted by Gasteiger charge is -2.42. The third-order valence-electron chi connectivity index (χ3n) is 6.24. The highest BCUT2D eigenvalue weighted by molar-refractivity contribution is 4.87. The van der Waals surface area contributed by atoms with E-state index in [0.717, 1.165) is 24.4 Å². The standard InChI is InChI=1S/C21H40O/c1-3-4-5-6-7-8-9-12-15-22-21-17-20-14-11-10-13-19(20)16-18(21)2/h18-21H,3-17H2,1-2H3. The molecule has 0 aromatic rings. The van der Waals surface area contributed by atoms with Crippen LogP contribution < -0.4 is 0 Å². The topological polar surface area (TPSA) is 9.23 Å². The van der Waals surface area contributed by atoms with E-state index in [9.17, 15) is 0 Å². The summed E-state index contributed by atoms with van der Waals surface area (Å²) in [6.07, 6.45) is 20.5. The van der Waals surface area contributed by atoms with Crippen molar-refractivity contribution >= 4 is 0 Å². The van der Waals surface area contributed by atoms with E-state index in [1.807, 2.05) is 0 Å². The maximum atomic E-state index is 6.29. The van der Waals surface area contributed by atoms with E-state index in [-0.39, 0.29) is 0 Å². The van der Waals surface area contributed by atoms with Crippen molar-refractivity contribution in [3.05, 3.63) is 0 Å². The van der Waals surface area contributed by atoms with Crippen LogP contribution in [0.2, 0.25) is 0 Å². The van der Waals surface area contributed by atoms with Crippen molar-refractivity contribution in [2.24, 2.45) is 17.8 Å². The van der Waals surface area contributed by atoms with E-state index in [4.69, 9.17) is 4.74 Å². The normalized spacial score (nSPS) is 31.9. The molecule has 2 aliphatic carbocycles. The molecule has 2 saturated carbocycles. The quantitative estimate of drug-likeness (QED) is 0.406. The van der Waals surface area contributed by atoms with Gasteiger partial charge in [-0.3, -0.25) is 0 Å². The van der Waals surface area contributed by atoms with Crippen molar-refractivity contribution in [3.63, 3.8) is 0 Å². The first-order chi connectivity index (χ1) is 10.8. The Bertz CT molecular complexity index is 275. The second-order valence-electron chi connectivity index (χ2n) is 8.14. The molecule has 2 fully saturated rings. The van der Waals surface area contributed by atoms with Gasteiger partial charge in [0.25, 0.3) is 0 Å². The van der Waals surface area contributed by atoms with Gasteiger partial charge in [-0.2, -0.15) is 0 Å². The summed E-state index contributed by atoms with van der Waals surface area (Å²) in [5.74, 6) is 2.83. The van der Waals surface area contributed by atoms with Crippen molar-refractivity contribution in [2.45, 2.75) is 110 Å². The maximum absolute atomic E-state index is 6.29. The molecule has 0 aromatic carbocycles. The molecule has 22 heavy (non-hydrogen) atoms. The third kappa shape index (κ3) is 6.22. The fraction of sp³-hybridized carbons (Fsp3) is 1.00. The van der Waals surface area contributed by atoms with Crippen LogP contribution in [0.15, 0.2) is 0 Å². The van der Waals surface area contributed by atoms with E-state index >= 15 is 0 Å². The molecule has 1 heteroatoms. The Morgan fingerprint density at radius 2 is 1.36 bits per heavy atom. The number of hydrogen-bond donors (Lipinski definition) is 0. The Labute approximate surface area is 139 Å². The highest BCUT2D eigenvalue weighted by Gasteiger charge is 2.36. The summed E-state index contributed by atoms with van der Waals surface area (Å²) in [7, 11) is 0. The van der Waals surface area contributed by atoms with E-state index in [1.54, 1.807) is 0 Å². The molecule has 2 rings (SSSR count). The lowest BCUT2D eigenvalue weighted by atomic mass is 9.67. The van der Waals surface area contributed by atoms with Gasteiger partial charge in [0.2, 0.25) is 0 Å². The van der Waals surface area contributed by atoms with E-state index in [0.29, 0.717) is 6.10 Å². The molecule has 0 aliphatic heterocycles. The molecule has 0 N–H and O–H groups in total. The molecular weight excluding hydrogens is 268 g/mol. The minimum absolute atomic E-state index is 0.573. The maximum Gasteiger partial charge on any atom is 0.0603 e. The minimum atomic E-state index is 0.573. The van der Waals surface area contributed by atoms with E-state index < -0.39 is 0 Å². The van der Waals surface area contributed by atoms with Crippen LogP contribution in [0.4, 0.5) is 0 Å². The monoisotopic (exact) mass is 308 g/mol. The van der Waals surface area contributed by atoms with Crippen molar-refractivity contribution in [2.75, 3.05) is 6.61 Å². The zero-order valence-corrected chi connectivity index (χ0v) is 15.3. The van der Waals surface area contributed by atoms with Gasteiger partial charge in [-0.05, 0) is 37.0 Å². The van der Waals surface area contributed by atoms with Crippen LogP contribution in [-0.4, -0.2) is 12.7 Å². The molecule has 0 spiro atoms. The fourth-order valence-corrected chi connectivity index (χ4v) is 4.77. The predicted molar refractivity (Wildman–Crippen MR) is 96.2 cm³/mol. The van der Waals surface area contributed by atoms with Crippen LogP contribution in [-0.2, 0) is 4.74 Å². The van der Waals surface area contributed by atoms with Gasteiger partial charge in [0.05, 0.1) is 6.10 Å². The number of unbranched alkanes of at least 4 members (excludes halogenated alkanes) is 7. The summed E-state index contributed by atoms with van der Waals surface area (Å²) >= 11 is 0. The Morgan fingerprint density at radius 1 is 0.773 bits per heavy atom. The first-order valence-corrected chi connectivity index (χ1v) is 10.4. The van der Waals surface area contributed by atoms with Gasteiger partial charge in [0.1, 0.15) is 0 Å². The first kappa shape index (κ1) is 18.3. The average Bonchev–Trinajstić information content (AvgIpc) is 2.53. The average molecular weight is 309 g/mol. The number of ether oxygens (including phenoxy) is 1. The van der Waals surface area contributed by atoms with Gasteiger partial charge < -0.3 is 4.74 Å². The van der Waals surface area contributed by atoms with Gasteiger partial charge in [-0.1, -0.05) is 84.5 Å². The van der Waals surface area contributed by atoms with Gasteiger partial charge >= 0.3 is 0 Å². The molecule has 0 amide bonds. The summed E-state index contributed by atoms with van der Waals surface area (Å²) in [5, 5.41) is 0. The van der Waals surface area contributed by atoms with Gasteiger partial charge in [-0.25, -0.2) is 0 Å². The minimum Gasteiger partial charge on any atom is -0.378 e. The highest BCUT2D eigenvalue weighted by Crippen LogP contribution is 2.43. The second kappa shape index (κ2) is 10.7. The molecule has 4 unspecified atom stereocenters. The Morgan fingerprint density at radius 3 is 2.05 bits per heavy atom. The first-order valence-electron chi connectivity index (χ1n) is 10.4. The highest BCUT2D eigenvalue weighted by atomic mass is 16.5. The predicted octanol–water partition coefficient (Wildman–Crippen LogP) is 6.75. The summed E-state index contributed by atoms with van der Waals surface area (Å²) < 4.78 is 6.29. The van der Waals surface area contributed by atoms with Crippen LogP contribution in [0.25, 0.3) is 0 Å². The number of rotatable bonds is 10. The summed E-state index contributed by atoms with van der Waals surface area (Å²) in [4.78, 5) is 0. The van der Waals surface area contributed by atoms with Gasteiger partial charge in [0.15, 0.2) is 0 Å². The van der Waals surface area contributed by atoms with Gasteiger partial charge in [0, 0.05) is 6.61 Å². The SMILES string of the molecule is CCCCCCCCCCOC1CC2CCCCC2CC1C. The Balaban J connectivity index is 1.49. The van der Waals surface area contributed by atoms with Crippen LogP contribution in [0.5, 0.6) is 0 Å². The zero-order valence-electron chi connectivity index (χ0n) is 15.3. The van der Waals surface area contributed by atoms with E-state index in [2.05, 4.69) is 13.8 Å². The van der Waals surface area contributed by atoms with Crippen molar-refractivity contribution < 1.29 is 4.74 Å². The van der Waals surface area contributed by atoms with Crippen LogP contribution >= 0.6 is 0 Å². The molecule has 0 radical (unpaired) electrons. The molecular formula is C21H40O. The van der Waals surface area contributed by atoms with Crippen LogP contribution in [0.1, 0.15) is 104 Å². The van der Waals surface area contributed by atoms with Crippen molar-refractivity contribution in [3.8, 4) is 0 Å². The number of hydrogen-bond acceptors (Lipinski definition) is 1.